The van der Waals surface area contributed by atoms with Gasteiger partial charge in [-0.15, -0.1) is 0 Å². The van der Waals surface area contributed by atoms with Gasteiger partial charge < -0.3 is 0 Å². The first-order chi connectivity index (χ1) is 7.68. The van der Waals surface area contributed by atoms with Gasteiger partial charge in [-0.3, -0.25) is 0 Å². The second-order valence-electron chi connectivity index (χ2n) is 4.37. The Balaban J connectivity index is 2.40. The number of pyridine rings is 1. The molecule has 0 radical (unpaired) electrons. The molecule has 0 atom stereocenters. The largest absolute Gasteiger partial charge is 0.244 e. The van der Waals surface area contributed by atoms with Gasteiger partial charge in [0.25, 0.3) is 0 Å². The molecular weight excluding hydrogens is 218 g/mol. The molecule has 16 heavy (non-hydrogen) atoms. The van der Waals surface area contributed by atoms with Crippen molar-refractivity contribution < 1.29 is 0 Å². The Morgan fingerprint density at radius 2 is 1.81 bits per heavy atom. The van der Waals surface area contributed by atoms with Crippen LogP contribution in [0.3, 0.4) is 0 Å². The van der Waals surface area contributed by atoms with Crippen LogP contribution in [0.5, 0.6) is 0 Å². The molecule has 1 aromatic carbocycles. The fourth-order valence-corrected chi connectivity index (χ4v) is 2.79. The summed E-state index contributed by atoms with van der Waals surface area (Å²) in [5.74, 6) is 0. The zero-order chi connectivity index (χ0) is 11.3. The SMILES string of the molecule is Cc1ccc(C)c2c1Cc1ccnc(Cl)c1-2. The zero-order valence-corrected chi connectivity index (χ0v) is 10.1. The molecule has 0 bridgehead atoms. The van der Waals surface area contributed by atoms with Gasteiger partial charge in [0.1, 0.15) is 5.15 Å². The standard InChI is InChI=1S/C14H12ClN/c1-8-3-4-9(2)12-11(8)7-10-5-6-16-14(15)13(10)12/h3-6H,7H2,1-2H3. The van der Waals surface area contributed by atoms with Crippen molar-refractivity contribution in [3.05, 3.63) is 51.8 Å². The fourth-order valence-electron chi connectivity index (χ4n) is 2.52. The highest BCUT2D eigenvalue weighted by Crippen LogP contribution is 2.43. The second kappa shape index (κ2) is 3.33. The number of rotatable bonds is 0. The number of halogens is 1. The number of hydrogen-bond acceptors (Lipinski definition) is 1. The summed E-state index contributed by atoms with van der Waals surface area (Å²) in [6.07, 6.45) is 2.78. The maximum atomic E-state index is 6.21. The average Bonchev–Trinajstić information content (AvgIpc) is 2.65. The highest BCUT2D eigenvalue weighted by atomic mass is 35.5. The summed E-state index contributed by atoms with van der Waals surface area (Å²) >= 11 is 6.21. The van der Waals surface area contributed by atoms with Crippen molar-refractivity contribution in [3.63, 3.8) is 0 Å². The minimum Gasteiger partial charge on any atom is -0.244 e. The first-order valence-corrected chi connectivity index (χ1v) is 5.79. The van der Waals surface area contributed by atoms with Crippen LogP contribution in [0.2, 0.25) is 5.15 Å². The molecule has 0 N–H and O–H groups in total. The van der Waals surface area contributed by atoms with Crippen LogP contribution in [0.4, 0.5) is 0 Å². The molecule has 0 saturated carbocycles. The van der Waals surface area contributed by atoms with Crippen LogP contribution in [-0.2, 0) is 6.42 Å². The van der Waals surface area contributed by atoms with E-state index in [-0.39, 0.29) is 0 Å². The fraction of sp³-hybridized carbons (Fsp3) is 0.214. The van der Waals surface area contributed by atoms with Crippen molar-refractivity contribution in [2.24, 2.45) is 0 Å². The van der Waals surface area contributed by atoms with Gasteiger partial charge in [-0.25, -0.2) is 4.98 Å². The first-order valence-electron chi connectivity index (χ1n) is 5.41. The molecule has 1 aliphatic carbocycles. The Morgan fingerprint density at radius 1 is 1.06 bits per heavy atom. The Morgan fingerprint density at radius 3 is 2.62 bits per heavy atom. The lowest BCUT2D eigenvalue weighted by molar-refractivity contribution is 1.20. The van der Waals surface area contributed by atoms with Gasteiger partial charge in [0.2, 0.25) is 0 Å². The molecule has 3 rings (SSSR count). The van der Waals surface area contributed by atoms with Crippen LogP contribution in [0.25, 0.3) is 11.1 Å². The van der Waals surface area contributed by atoms with Crippen LogP contribution < -0.4 is 0 Å². The molecule has 2 aromatic rings. The van der Waals surface area contributed by atoms with Crippen molar-refractivity contribution in [2.45, 2.75) is 20.3 Å². The molecule has 1 heterocycles. The quantitative estimate of drug-likeness (QED) is 0.533. The van der Waals surface area contributed by atoms with Gasteiger partial charge in [0, 0.05) is 11.8 Å². The summed E-state index contributed by atoms with van der Waals surface area (Å²) in [6, 6.07) is 6.41. The van der Waals surface area contributed by atoms with Crippen LogP contribution in [0.1, 0.15) is 22.3 Å². The first kappa shape index (κ1) is 9.86. The van der Waals surface area contributed by atoms with E-state index in [1.54, 1.807) is 6.20 Å². The third kappa shape index (κ3) is 1.21. The topological polar surface area (TPSA) is 12.9 Å². The lowest BCUT2D eigenvalue weighted by atomic mass is 9.98. The van der Waals surface area contributed by atoms with E-state index in [1.165, 1.54) is 27.8 Å². The zero-order valence-electron chi connectivity index (χ0n) is 9.34. The van der Waals surface area contributed by atoms with Crippen molar-refractivity contribution >= 4 is 11.6 Å². The second-order valence-corrected chi connectivity index (χ2v) is 4.72. The molecule has 1 aliphatic rings. The lowest BCUT2D eigenvalue weighted by Crippen LogP contribution is -1.88. The van der Waals surface area contributed by atoms with Crippen LogP contribution >= 0.6 is 11.6 Å². The van der Waals surface area contributed by atoms with Gasteiger partial charge in [-0.1, -0.05) is 23.7 Å². The van der Waals surface area contributed by atoms with E-state index < -0.39 is 0 Å². The Bertz CT molecular complexity index is 588. The van der Waals surface area contributed by atoms with E-state index >= 15 is 0 Å². The summed E-state index contributed by atoms with van der Waals surface area (Å²) < 4.78 is 0. The van der Waals surface area contributed by atoms with Crippen LogP contribution in [0.15, 0.2) is 24.4 Å². The normalized spacial score (nSPS) is 12.4. The average molecular weight is 230 g/mol. The van der Waals surface area contributed by atoms with Gasteiger partial charge >= 0.3 is 0 Å². The predicted molar refractivity (Wildman–Crippen MR) is 67.0 cm³/mol. The smallest absolute Gasteiger partial charge is 0.137 e. The highest BCUT2D eigenvalue weighted by molar-refractivity contribution is 6.32. The van der Waals surface area contributed by atoms with Crippen LogP contribution in [0, 0.1) is 13.8 Å². The molecule has 0 amide bonds. The maximum Gasteiger partial charge on any atom is 0.137 e. The number of hydrogen-bond donors (Lipinski definition) is 0. The number of fused-ring (bicyclic) bond motifs is 3. The third-order valence-electron chi connectivity index (χ3n) is 3.36. The van der Waals surface area contributed by atoms with Crippen molar-refractivity contribution in [3.8, 4) is 11.1 Å². The molecule has 2 heteroatoms. The van der Waals surface area contributed by atoms with E-state index in [0.717, 1.165) is 12.0 Å². The van der Waals surface area contributed by atoms with E-state index in [0.29, 0.717) is 5.15 Å². The van der Waals surface area contributed by atoms with Gasteiger partial charge in [-0.2, -0.15) is 0 Å². The molecule has 0 aliphatic heterocycles. The molecule has 80 valence electrons. The van der Waals surface area contributed by atoms with Gasteiger partial charge in [-0.05, 0) is 54.2 Å². The highest BCUT2D eigenvalue weighted by Gasteiger charge is 2.24. The molecular formula is C14H12ClN. The van der Waals surface area contributed by atoms with E-state index in [2.05, 4.69) is 37.0 Å². The van der Waals surface area contributed by atoms with E-state index in [9.17, 15) is 0 Å². The Labute approximate surface area is 100 Å². The Hall–Kier alpha value is -1.34. The Kier molecular flexibility index (Phi) is 2.05. The maximum absolute atomic E-state index is 6.21. The monoisotopic (exact) mass is 229 g/mol. The van der Waals surface area contributed by atoms with Gasteiger partial charge in [0.15, 0.2) is 0 Å². The van der Waals surface area contributed by atoms with Crippen molar-refractivity contribution in [1.29, 1.82) is 0 Å². The molecule has 0 spiro atoms. The summed E-state index contributed by atoms with van der Waals surface area (Å²) in [4.78, 5) is 4.19. The van der Waals surface area contributed by atoms with Gasteiger partial charge in [0.05, 0.1) is 0 Å². The van der Waals surface area contributed by atoms with Crippen molar-refractivity contribution in [2.75, 3.05) is 0 Å². The summed E-state index contributed by atoms with van der Waals surface area (Å²) in [5.41, 5.74) is 7.77. The minimum absolute atomic E-state index is 0.630. The molecule has 0 fully saturated rings. The molecule has 0 unspecified atom stereocenters. The molecule has 1 nitrogen and oxygen atoms in total. The number of benzene rings is 1. The summed E-state index contributed by atoms with van der Waals surface area (Å²) in [6.45, 7) is 4.29. The predicted octanol–water partition coefficient (Wildman–Crippen LogP) is 3.92. The molecule has 0 saturated heterocycles. The van der Waals surface area contributed by atoms with Crippen LogP contribution in [-0.4, -0.2) is 4.98 Å². The minimum atomic E-state index is 0.630. The lowest BCUT2D eigenvalue weighted by Gasteiger charge is -2.08. The number of aryl methyl sites for hydroxylation is 2. The van der Waals surface area contributed by atoms with E-state index in [1.807, 2.05) is 0 Å². The summed E-state index contributed by atoms with van der Waals surface area (Å²) in [7, 11) is 0. The number of nitrogens with zero attached hydrogens (tertiary/aromatic N) is 1. The summed E-state index contributed by atoms with van der Waals surface area (Å²) in [5, 5.41) is 0.630. The third-order valence-corrected chi connectivity index (χ3v) is 3.65. The van der Waals surface area contributed by atoms with Crippen molar-refractivity contribution in [1.82, 2.24) is 4.98 Å². The number of aromatic nitrogens is 1. The van der Waals surface area contributed by atoms with E-state index in [4.69, 9.17) is 11.6 Å². The molecule has 1 aromatic heterocycles.